The molecule has 0 unspecified atom stereocenters. The van der Waals surface area contributed by atoms with Crippen molar-refractivity contribution < 1.29 is 9.47 Å². The normalized spacial score (nSPS) is 13.5. The van der Waals surface area contributed by atoms with Gasteiger partial charge >= 0.3 is 0 Å². The van der Waals surface area contributed by atoms with E-state index in [4.69, 9.17) is 9.47 Å². The highest BCUT2D eigenvalue weighted by Crippen LogP contribution is 2.44. The van der Waals surface area contributed by atoms with E-state index < -0.39 is 0 Å². The lowest BCUT2D eigenvalue weighted by molar-refractivity contribution is 0.465. The summed E-state index contributed by atoms with van der Waals surface area (Å²) in [5.41, 5.74) is 26.9. The molecule has 310 valence electrons. The van der Waals surface area contributed by atoms with Crippen LogP contribution in [-0.4, -0.2) is 22.6 Å². The minimum Gasteiger partial charge on any atom is -0.458 e. The maximum Gasteiger partial charge on any atom is 0.256 e. The van der Waals surface area contributed by atoms with Crippen LogP contribution in [0, 0.1) is 41.5 Å². The van der Waals surface area contributed by atoms with Crippen molar-refractivity contribution in [2.75, 3.05) is 0 Å². The summed E-state index contributed by atoms with van der Waals surface area (Å²) < 4.78 is 19.7. The van der Waals surface area contributed by atoms with Crippen molar-refractivity contribution in [3.8, 4) is 56.6 Å². The molecule has 0 saturated carbocycles. The number of nitrogens with zero attached hydrogens (tertiary/aromatic N) is 2. The number of aromatic nitrogens is 2. The second kappa shape index (κ2) is 12.6. The number of aryl methyl sites for hydroxylation is 6. The third kappa shape index (κ3) is 4.76. The van der Waals surface area contributed by atoms with E-state index in [-0.39, 0.29) is 13.4 Å². The fourth-order valence-corrected chi connectivity index (χ4v) is 12.4. The molecule has 15 rings (SSSR count). The summed E-state index contributed by atoms with van der Waals surface area (Å²) in [7, 11) is 0. The lowest BCUT2D eigenvalue weighted by Gasteiger charge is -2.37. The fourth-order valence-electron chi connectivity index (χ4n) is 12.4. The summed E-state index contributed by atoms with van der Waals surface area (Å²) in [6, 6.07) is 55.3. The summed E-state index contributed by atoms with van der Waals surface area (Å²) >= 11 is 0. The predicted octanol–water partition coefficient (Wildman–Crippen LogP) is 10.9. The van der Waals surface area contributed by atoms with Gasteiger partial charge in [-0.05, 0) is 157 Å². The Labute approximate surface area is 383 Å². The van der Waals surface area contributed by atoms with E-state index >= 15 is 0 Å². The Bertz CT molecular complexity index is 3800. The van der Waals surface area contributed by atoms with Gasteiger partial charge in [-0.2, -0.15) is 0 Å². The molecule has 0 saturated heterocycles. The van der Waals surface area contributed by atoms with Gasteiger partial charge in [-0.3, -0.25) is 0 Å². The summed E-state index contributed by atoms with van der Waals surface area (Å²) in [4.78, 5) is 0. The Kier molecular flexibility index (Phi) is 6.97. The molecule has 6 heteroatoms. The molecule has 9 aromatic carbocycles. The Hall–Kier alpha value is -7.69. The van der Waals surface area contributed by atoms with Crippen molar-refractivity contribution in [3.05, 3.63) is 179 Å². The second-order valence-electron chi connectivity index (χ2n) is 19.8. The van der Waals surface area contributed by atoms with Gasteiger partial charge in [0, 0.05) is 50.0 Å². The highest BCUT2D eigenvalue weighted by atomic mass is 16.5. The summed E-state index contributed by atoms with van der Waals surface area (Å²) in [5.74, 6) is 3.49. The Morgan fingerprint density at radius 3 is 1.17 bits per heavy atom. The summed E-state index contributed by atoms with van der Waals surface area (Å²) in [6.07, 6.45) is 0. The number of ether oxygens (including phenoxy) is 2. The monoisotopic (exact) mass is 844 g/mol. The van der Waals surface area contributed by atoms with Crippen LogP contribution in [0.15, 0.2) is 146 Å². The molecule has 4 nitrogen and oxygen atoms in total. The molecule has 0 amide bonds. The molecule has 0 N–H and O–H groups in total. The van der Waals surface area contributed by atoms with Crippen LogP contribution in [0.2, 0.25) is 0 Å². The van der Waals surface area contributed by atoms with Gasteiger partial charge in [-0.15, -0.1) is 0 Å². The fraction of sp³-hybridized carbons (Fsp3) is 0.100. The molecule has 0 fully saturated rings. The molecule has 0 spiro atoms. The minimum atomic E-state index is -0.0586. The highest BCUT2D eigenvalue weighted by molar-refractivity contribution is 7.02. The third-order valence-electron chi connectivity index (χ3n) is 15.3. The van der Waals surface area contributed by atoms with Gasteiger partial charge < -0.3 is 18.6 Å². The zero-order valence-electron chi connectivity index (χ0n) is 37.7. The predicted molar refractivity (Wildman–Crippen MR) is 277 cm³/mol. The van der Waals surface area contributed by atoms with Gasteiger partial charge in [0.2, 0.25) is 0 Å². The van der Waals surface area contributed by atoms with Crippen molar-refractivity contribution in [3.63, 3.8) is 0 Å². The molecule has 0 atom stereocenters. The summed E-state index contributed by atoms with van der Waals surface area (Å²) in [6.45, 7) is 13.1. The molecule has 0 bridgehead atoms. The number of hydrogen-bond donors (Lipinski definition) is 0. The zero-order valence-corrected chi connectivity index (χ0v) is 37.7. The number of fused-ring (bicyclic) bond motifs is 14. The first-order valence-electron chi connectivity index (χ1n) is 23.3. The van der Waals surface area contributed by atoms with Crippen LogP contribution >= 0.6 is 0 Å². The van der Waals surface area contributed by atoms with E-state index in [9.17, 15) is 0 Å². The van der Waals surface area contributed by atoms with Gasteiger partial charge in [0.1, 0.15) is 23.0 Å². The van der Waals surface area contributed by atoms with Crippen molar-refractivity contribution >= 4 is 89.8 Å². The van der Waals surface area contributed by atoms with Crippen LogP contribution in [0.3, 0.4) is 0 Å². The smallest absolute Gasteiger partial charge is 0.256 e. The Morgan fingerprint density at radius 2 is 0.727 bits per heavy atom. The molecule has 2 aromatic heterocycles. The topological polar surface area (TPSA) is 28.3 Å². The molecule has 0 radical (unpaired) electrons. The van der Waals surface area contributed by atoms with Crippen LogP contribution in [0.1, 0.15) is 33.4 Å². The molecule has 0 aliphatic carbocycles. The lowest BCUT2D eigenvalue weighted by Crippen LogP contribution is -2.62. The second-order valence-corrected chi connectivity index (χ2v) is 19.8. The maximum atomic E-state index is 7.31. The SMILES string of the molecule is Cc1ccc(-c2cc3c4c(c2)-n2c5ccc(C)cc5c5cc(C)cc(c52)B4c2cc4c(cc2O3)Oc2cc(-c3ccc(C)cc3)cc3c2B4c2cc(C)cc4c5cc(C)ccc5n-3c24)cc1. The van der Waals surface area contributed by atoms with Crippen molar-refractivity contribution in [2.24, 2.45) is 0 Å². The van der Waals surface area contributed by atoms with E-state index in [2.05, 4.69) is 196 Å². The van der Waals surface area contributed by atoms with Gasteiger partial charge in [0.05, 0.1) is 11.0 Å². The third-order valence-corrected chi connectivity index (χ3v) is 15.3. The van der Waals surface area contributed by atoms with Crippen molar-refractivity contribution in [1.29, 1.82) is 0 Å². The van der Waals surface area contributed by atoms with E-state index in [1.54, 1.807) is 0 Å². The lowest BCUT2D eigenvalue weighted by atomic mass is 9.31. The molecule has 66 heavy (non-hydrogen) atoms. The van der Waals surface area contributed by atoms with Crippen LogP contribution in [0.25, 0.3) is 77.2 Å². The molecule has 4 aliphatic rings. The first-order chi connectivity index (χ1) is 32.1. The minimum absolute atomic E-state index is 0.0586. The zero-order chi connectivity index (χ0) is 44.0. The van der Waals surface area contributed by atoms with Crippen LogP contribution in [0.4, 0.5) is 0 Å². The van der Waals surface area contributed by atoms with Crippen LogP contribution < -0.4 is 42.3 Å². The van der Waals surface area contributed by atoms with Crippen molar-refractivity contribution in [1.82, 2.24) is 9.13 Å². The molecule has 11 aromatic rings. The van der Waals surface area contributed by atoms with Crippen molar-refractivity contribution in [2.45, 2.75) is 41.5 Å². The maximum absolute atomic E-state index is 7.31. The van der Waals surface area contributed by atoms with Gasteiger partial charge in [0.15, 0.2) is 0 Å². The van der Waals surface area contributed by atoms with E-state index in [1.165, 1.54) is 132 Å². The van der Waals surface area contributed by atoms with Gasteiger partial charge in [-0.25, -0.2) is 0 Å². The standard InChI is InChI=1S/C60H42B2N2O2/c1-31-7-13-37(14-8-31)39-25-51-57-55(27-39)65-53-30-54-46(29-45(53)61(57)47-23-35(5)21-43-41-19-33(3)11-17-49(41)63(51)59(43)47)62-48-24-36(6)22-44-42-20-34(4)12-18-50(42)64(60(44)48)52-26-40(28-56(66-54)58(52)62)38-15-9-32(2)10-16-38/h7-30H,1-6H3. The van der Waals surface area contributed by atoms with E-state index in [0.29, 0.717) is 0 Å². The quantitative estimate of drug-likeness (QED) is 0.162. The van der Waals surface area contributed by atoms with Crippen LogP contribution in [-0.2, 0) is 0 Å². The first-order valence-corrected chi connectivity index (χ1v) is 23.3. The average molecular weight is 845 g/mol. The Balaban J connectivity index is 1.03. The molecular weight excluding hydrogens is 802 g/mol. The average Bonchev–Trinajstić information content (AvgIpc) is 3.80. The highest BCUT2D eigenvalue weighted by Gasteiger charge is 2.46. The first kappa shape index (κ1) is 36.6. The van der Waals surface area contributed by atoms with E-state index in [0.717, 1.165) is 34.1 Å². The number of rotatable bonds is 2. The number of hydrogen-bond acceptors (Lipinski definition) is 2. The van der Waals surface area contributed by atoms with E-state index in [1.807, 2.05) is 0 Å². The summed E-state index contributed by atoms with van der Waals surface area (Å²) in [5, 5.41) is 5.17. The molecule has 6 heterocycles. The van der Waals surface area contributed by atoms with Gasteiger partial charge in [0.25, 0.3) is 13.4 Å². The molecular formula is C60H42B2N2O2. The Morgan fingerprint density at radius 1 is 0.318 bits per heavy atom. The van der Waals surface area contributed by atoms with Crippen LogP contribution in [0.5, 0.6) is 23.0 Å². The molecule has 4 aliphatic heterocycles. The number of benzene rings is 9. The largest absolute Gasteiger partial charge is 0.458 e. The van der Waals surface area contributed by atoms with Gasteiger partial charge in [-0.1, -0.05) is 112 Å².